The number of ether oxygens (including phenoxy) is 1. The first-order valence-electron chi connectivity index (χ1n) is 7.73. The minimum atomic E-state index is -3.58. The number of carbonyl (C=O) groups is 2. The number of halogens is 1. The van der Waals surface area contributed by atoms with Crippen LogP contribution in [-0.2, 0) is 25.3 Å². The third-order valence-corrected chi connectivity index (χ3v) is 5.78. The molecule has 8 nitrogen and oxygen atoms in total. The van der Waals surface area contributed by atoms with E-state index >= 15 is 0 Å². The molecule has 2 aliphatic heterocycles. The number of anilines is 2. The average molecular weight is 371 g/mol. The first-order chi connectivity index (χ1) is 11.8. The zero-order chi connectivity index (χ0) is 18.2. The van der Waals surface area contributed by atoms with Crippen molar-refractivity contribution >= 4 is 33.4 Å². The zero-order valence-corrected chi connectivity index (χ0v) is 14.4. The number of rotatable bonds is 5. The van der Waals surface area contributed by atoms with Gasteiger partial charge in [0.25, 0.3) is 0 Å². The molecule has 1 atom stereocenters. The van der Waals surface area contributed by atoms with Crippen molar-refractivity contribution in [1.29, 1.82) is 0 Å². The van der Waals surface area contributed by atoms with E-state index in [0.29, 0.717) is 16.9 Å². The van der Waals surface area contributed by atoms with Gasteiger partial charge in [-0.3, -0.25) is 14.0 Å². The average Bonchev–Trinajstić information content (AvgIpc) is 3.02. The van der Waals surface area contributed by atoms with E-state index in [0.717, 1.165) is 4.31 Å². The molecule has 2 aliphatic rings. The number of cyclic esters (lactones) is 1. The summed E-state index contributed by atoms with van der Waals surface area (Å²) < 4.78 is 43.1. The highest BCUT2D eigenvalue weighted by atomic mass is 32.2. The van der Waals surface area contributed by atoms with Crippen LogP contribution in [0.1, 0.15) is 12.5 Å². The number of nitrogens with one attached hydrogen (secondary N) is 1. The Morgan fingerprint density at radius 2 is 2.20 bits per heavy atom. The van der Waals surface area contributed by atoms with Gasteiger partial charge in [0.05, 0.1) is 31.1 Å². The molecular weight excluding hydrogens is 353 g/mol. The van der Waals surface area contributed by atoms with Gasteiger partial charge < -0.3 is 10.1 Å². The number of sulfonamides is 1. The molecule has 1 saturated heterocycles. The SMILES string of the molecule is CC(=O)NC[C@H]1CN(c2ccc3c(c2)CS(=O)(=O)N3CCF)C(=O)O1. The van der Waals surface area contributed by atoms with Crippen molar-refractivity contribution in [2.75, 3.05) is 35.5 Å². The summed E-state index contributed by atoms with van der Waals surface area (Å²) in [6, 6.07) is 4.78. The predicted molar refractivity (Wildman–Crippen MR) is 88.7 cm³/mol. The lowest BCUT2D eigenvalue weighted by Crippen LogP contribution is -2.33. The molecule has 10 heteroatoms. The van der Waals surface area contributed by atoms with Crippen molar-refractivity contribution in [3.63, 3.8) is 0 Å². The van der Waals surface area contributed by atoms with E-state index < -0.39 is 28.9 Å². The minimum absolute atomic E-state index is 0.209. The number of amides is 2. The van der Waals surface area contributed by atoms with Gasteiger partial charge in [-0.25, -0.2) is 17.6 Å². The number of alkyl halides is 1. The van der Waals surface area contributed by atoms with E-state index in [-0.39, 0.29) is 31.3 Å². The van der Waals surface area contributed by atoms with Gasteiger partial charge in [0, 0.05) is 12.6 Å². The third kappa shape index (κ3) is 3.39. The molecular formula is C15H18FN3O5S. The summed E-state index contributed by atoms with van der Waals surface area (Å²) in [6.07, 6.45) is -1.03. The lowest BCUT2D eigenvalue weighted by molar-refractivity contribution is -0.119. The van der Waals surface area contributed by atoms with Gasteiger partial charge in [-0.1, -0.05) is 0 Å². The zero-order valence-electron chi connectivity index (χ0n) is 13.6. The van der Waals surface area contributed by atoms with Crippen LogP contribution in [0.25, 0.3) is 0 Å². The Bertz CT molecular complexity index is 813. The molecule has 2 heterocycles. The summed E-state index contributed by atoms with van der Waals surface area (Å²) in [6.45, 7) is 0.835. The summed E-state index contributed by atoms with van der Waals surface area (Å²) in [4.78, 5) is 24.4. The van der Waals surface area contributed by atoms with Crippen molar-refractivity contribution in [3.05, 3.63) is 23.8 Å². The van der Waals surface area contributed by atoms with Crippen molar-refractivity contribution in [3.8, 4) is 0 Å². The maximum Gasteiger partial charge on any atom is 0.414 e. The Kier molecular flexibility index (Phi) is 4.55. The van der Waals surface area contributed by atoms with Crippen LogP contribution in [-0.4, -0.2) is 52.8 Å². The minimum Gasteiger partial charge on any atom is -0.442 e. The molecule has 1 aromatic carbocycles. The summed E-state index contributed by atoms with van der Waals surface area (Å²) in [7, 11) is -3.58. The summed E-state index contributed by atoms with van der Waals surface area (Å²) in [5.74, 6) is -0.445. The number of benzene rings is 1. The topological polar surface area (TPSA) is 96.0 Å². The van der Waals surface area contributed by atoms with Crippen LogP contribution in [0.4, 0.5) is 20.6 Å². The van der Waals surface area contributed by atoms with Gasteiger partial charge in [-0.15, -0.1) is 0 Å². The second kappa shape index (κ2) is 6.51. The van der Waals surface area contributed by atoms with Gasteiger partial charge in [-0.2, -0.15) is 0 Å². The molecule has 0 aromatic heterocycles. The molecule has 25 heavy (non-hydrogen) atoms. The standard InChI is InChI=1S/C15H18FN3O5S/c1-10(20)17-7-13-8-18(15(21)24-13)12-2-3-14-11(6-12)9-25(22,23)19(14)5-4-16/h2-3,6,13H,4-5,7-9H2,1H3,(H,17,20)/t13-/m0/s1. The van der Waals surface area contributed by atoms with Crippen molar-refractivity contribution in [1.82, 2.24) is 5.32 Å². The smallest absolute Gasteiger partial charge is 0.414 e. The molecule has 0 radical (unpaired) electrons. The van der Waals surface area contributed by atoms with Crippen molar-refractivity contribution in [2.24, 2.45) is 0 Å². The Balaban J connectivity index is 1.80. The molecule has 1 aromatic rings. The van der Waals surface area contributed by atoms with Crippen molar-refractivity contribution < 1.29 is 27.1 Å². The molecule has 1 fully saturated rings. The van der Waals surface area contributed by atoms with E-state index in [2.05, 4.69) is 5.32 Å². The normalized spacial score (nSPS) is 21.2. The van der Waals surface area contributed by atoms with Crippen molar-refractivity contribution in [2.45, 2.75) is 18.8 Å². The summed E-state index contributed by atoms with van der Waals surface area (Å²) in [5.41, 5.74) is 1.46. The highest BCUT2D eigenvalue weighted by Gasteiger charge is 2.36. The highest BCUT2D eigenvalue weighted by molar-refractivity contribution is 7.92. The summed E-state index contributed by atoms with van der Waals surface area (Å²) >= 11 is 0. The van der Waals surface area contributed by atoms with Gasteiger partial charge in [0.2, 0.25) is 15.9 Å². The van der Waals surface area contributed by atoms with Crippen LogP contribution >= 0.6 is 0 Å². The Hall–Kier alpha value is -2.36. The molecule has 0 aliphatic carbocycles. The monoisotopic (exact) mass is 371 g/mol. The number of fused-ring (bicyclic) bond motifs is 1. The molecule has 3 rings (SSSR count). The molecule has 0 unspecified atom stereocenters. The van der Waals surface area contributed by atoms with Gasteiger partial charge in [0.1, 0.15) is 12.8 Å². The Morgan fingerprint density at radius 1 is 1.44 bits per heavy atom. The number of hydrogen-bond acceptors (Lipinski definition) is 5. The molecule has 136 valence electrons. The second-order valence-corrected chi connectivity index (χ2v) is 7.78. The fourth-order valence-corrected chi connectivity index (χ4v) is 4.56. The van der Waals surface area contributed by atoms with Gasteiger partial charge >= 0.3 is 6.09 Å². The number of nitrogens with zero attached hydrogens (tertiary/aromatic N) is 2. The number of hydrogen-bond donors (Lipinski definition) is 1. The molecule has 1 N–H and O–H groups in total. The van der Waals surface area contributed by atoms with Crippen LogP contribution in [0, 0.1) is 0 Å². The van der Waals surface area contributed by atoms with Crippen LogP contribution in [0.3, 0.4) is 0 Å². The van der Waals surface area contributed by atoms with E-state index in [9.17, 15) is 22.4 Å². The fraction of sp³-hybridized carbons (Fsp3) is 0.467. The Labute approximate surface area is 144 Å². The van der Waals surface area contributed by atoms with Gasteiger partial charge in [0.15, 0.2) is 0 Å². The lowest BCUT2D eigenvalue weighted by Gasteiger charge is -2.18. The second-order valence-electron chi connectivity index (χ2n) is 5.88. The maximum absolute atomic E-state index is 12.6. The van der Waals surface area contributed by atoms with E-state index in [1.165, 1.54) is 11.8 Å². The summed E-state index contributed by atoms with van der Waals surface area (Å²) in [5, 5.41) is 2.59. The highest BCUT2D eigenvalue weighted by Crippen LogP contribution is 2.36. The first-order valence-corrected chi connectivity index (χ1v) is 9.34. The molecule has 2 amide bonds. The van der Waals surface area contributed by atoms with Crippen LogP contribution in [0.15, 0.2) is 18.2 Å². The first kappa shape index (κ1) is 17.5. The van der Waals surface area contributed by atoms with E-state index in [1.54, 1.807) is 18.2 Å². The molecule has 0 bridgehead atoms. The number of carbonyl (C=O) groups excluding carboxylic acids is 2. The van der Waals surface area contributed by atoms with Crippen LogP contribution in [0.2, 0.25) is 0 Å². The third-order valence-electron chi connectivity index (χ3n) is 4.06. The maximum atomic E-state index is 12.6. The Morgan fingerprint density at radius 3 is 2.88 bits per heavy atom. The molecule has 0 saturated carbocycles. The quantitative estimate of drug-likeness (QED) is 0.825. The predicted octanol–water partition coefficient (Wildman–Crippen LogP) is 0.767. The van der Waals surface area contributed by atoms with Gasteiger partial charge in [-0.05, 0) is 23.8 Å². The largest absolute Gasteiger partial charge is 0.442 e. The van der Waals surface area contributed by atoms with Crippen LogP contribution in [0.5, 0.6) is 0 Å². The fourth-order valence-electron chi connectivity index (χ4n) is 2.96. The van der Waals surface area contributed by atoms with E-state index in [4.69, 9.17) is 4.74 Å². The van der Waals surface area contributed by atoms with E-state index in [1.807, 2.05) is 0 Å². The van der Waals surface area contributed by atoms with Crippen LogP contribution < -0.4 is 14.5 Å². The lowest BCUT2D eigenvalue weighted by atomic mass is 10.1. The molecule has 0 spiro atoms.